The molecule has 0 aliphatic heterocycles. The molecule has 1 aromatic heterocycles. The summed E-state index contributed by atoms with van der Waals surface area (Å²) in [7, 11) is 0. The van der Waals surface area contributed by atoms with E-state index in [1.165, 1.54) is 0 Å². The molecule has 0 aliphatic rings. The molecule has 0 atom stereocenters. The molecular weight excluding hydrogens is 343 g/mol. The largest absolute Gasteiger partial charge is 0.321 e. The quantitative estimate of drug-likeness (QED) is 0.619. The molecule has 1 N–H and O–H groups in total. The molecule has 1 amide bonds. The number of halogens is 2. The van der Waals surface area contributed by atoms with Crippen LogP contribution in [0.15, 0.2) is 60.8 Å². The number of rotatable bonds is 3. The summed E-state index contributed by atoms with van der Waals surface area (Å²) >= 11 is 12.0. The van der Waals surface area contributed by atoms with Gasteiger partial charge in [0, 0.05) is 22.5 Å². The third-order valence-corrected chi connectivity index (χ3v) is 4.21. The van der Waals surface area contributed by atoms with Crippen LogP contribution in [0.1, 0.15) is 15.9 Å². The first-order valence-corrected chi connectivity index (χ1v) is 8.09. The van der Waals surface area contributed by atoms with Gasteiger partial charge in [-0.05, 0) is 48.4 Å². The van der Waals surface area contributed by atoms with Crippen LogP contribution in [0, 0.1) is 6.92 Å². The number of carbonyl (C=O) groups excluding carboxylic acids is 1. The summed E-state index contributed by atoms with van der Waals surface area (Å²) in [6.07, 6.45) is 1.55. The Bertz CT molecular complexity index is 892. The first-order valence-electron chi connectivity index (χ1n) is 7.33. The summed E-state index contributed by atoms with van der Waals surface area (Å²) in [5.74, 6) is -0.297. The van der Waals surface area contributed by atoms with E-state index in [2.05, 4.69) is 10.3 Å². The molecule has 0 unspecified atom stereocenters. The molecule has 0 fully saturated rings. The molecule has 3 aromatic rings. The van der Waals surface area contributed by atoms with E-state index >= 15 is 0 Å². The number of aryl methyl sites for hydroxylation is 1. The SMILES string of the molecule is Cc1cccc(NC(=O)c2cccnc2Cl)c1-c1ccc(Cl)cc1. The van der Waals surface area contributed by atoms with Crippen molar-refractivity contribution in [2.75, 3.05) is 5.32 Å². The van der Waals surface area contributed by atoms with Crippen LogP contribution in [-0.4, -0.2) is 10.9 Å². The van der Waals surface area contributed by atoms with Crippen molar-refractivity contribution in [1.29, 1.82) is 0 Å². The summed E-state index contributed by atoms with van der Waals surface area (Å²) in [6, 6.07) is 16.6. The molecule has 0 bridgehead atoms. The normalized spacial score (nSPS) is 10.5. The number of hydrogen-bond acceptors (Lipinski definition) is 2. The van der Waals surface area contributed by atoms with E-state index in [4.69, 9.17) is 23.2 Å². The number of nitrogens with zero attached hydrogens (tertiary/aromatic N) is 1. The zero-order valence-electron chi connectivity index (χ0n) is 12.9. The number of amides is 1. The van der Waals surface area contributed by atoms with Crippen LogP contribution in [0.2, 0.25) is 10.2 Å². The second-order valence-electron chi connectivity index (χ2n) is 5.30. The van der Waals surface area contributed by atoms with E-state index in [1.807, 2.05) is 49.4 Å². The van der Waals surface area contributed by atoms with Gasteiger partial charge in [0.05, 0.1) is 5.56 Å². The first kappa shape index (κ1) is 16.5. The fourth-order valence-corrected chi connectivity index (χ4v) is 2.85. The maximum absolute atomic E-state index is 12.5. The molecule has 3 nitrogen and oxygen atoms in total. The molecule has 0 saturated carbocycles. The molecule has 1 heterocycles. The van der Waals surface area contributed by atoms with E-state index in [1.54, 1.807) is 18.3 Å². The highest BCUT2D eigenvalue weighted by molar-refractivity contribution is 6.33. The topological polar surface area (TPSA) is 42.0 Å². The van der Waals surface area contributed by atoms with Crippen LogP contribution in [0.5, 0.6) is 0 Å². The van der Waals surface area contributed by atoms with Crippen molar-refractivity contribution in [2.45, 2.75) is 6.92 Å². The smallest absolute Gasteiger partial charge is 0.258 e. The van der Waals surface area contributed by atoms with Crippen LogP contribution in [0.25, 0.3) is 11.1 Å². The molecule has 24 heavy (non-hydrogen) atoms. The molecule has 0 saturated heterocycles. The molecule has 5 heteroatoms. The molecule has 2 aromatic carbocycles. The number of benzene rings is 2. The van der Waals surface area contributed by atoms with Crippen molar-refractivity contribution in [2.24, 2.45) is 0 Å². The van der Waals surface area contributed by atoms with E-state index in [0.717, 1.165) is 16.7 Å². The fraction of sp³-hybridized carbons (Fsp3) is 0.0526. The summed E-state index contributed by atoms with van der Waals surface area (Å²) in [5.41, 5.74) is 4.02. The fourth-order valence-electron chi connectivity index (χ4n) is 2.52. The number of carbonyl (C=O) groups is 1. The maximum Gasteiger partial charge on any atom is 0.258 e. The summed E-state index contributed by atoms with van der Waals surface area (Å²) in [5, 5.41) is 3.77. The Hall–Kier alpha value is -2.36. The van der Waals surface area contributed by atoms with Crippen molar-refractivity contribution in [3.05, 3.63) is 82.1 Å². The lowest BCUT2D eigenvalue weighted by Gasteiger charge is -2.14. The third-order valence-electron chi connectivity index (χ3n) is 3.66. The zero-order valence-corrected chi connectivity index (χ0v) is 14.4. The minimum Gasteiger partial charge on any atom is -0.321 e. The lowest BCUT2D eigenvalue weighted by Crippen LogP contribution is -2.14. The monoisotopic (exact) mass is 356 g/mol. The molecule has 0 aliphatic carbocycles. The van der Waals surface area contributed by atoms with Gasteiger partial charge in [0.25, 0.3) is 5.91 Å². The highest BCUT2D eigenvalue weighted by Crippen LogP contribution is 2.32. The first-order chi connectivity index (χ1) is 11.6. The van der Waals surface area contributed by atoms with E-state index in [9.17, 15) is 4.79 Å². The average molecular weight is 357 g/mol. The van der Waals surface area contributed by atoms with Crippen LogP contribution in [0.4, 0.5) is 5.69 Å². The van der Waals surface area contributed by atoms with Gasteiger partial charge in [-0.2, -0.15) is 0 Å². The number of hydrogen-bond donors (Lipinski definition) is 1. The third kappa shape index (κ3) is 3.42. The van der Waals surface area contributed by atoms with Gasteiger partial charge in [-0.3, -0.25) is 4.79 Å². The Morgan fingerprint density at radius 2 is 1.75 bits per heavy atom. The van der Waals surface area contributed by atoms with E-state index in [0.29, 0.717) is 16.3 Å². The summed E-state index contributed by atoms with van der Waals surface area (Å²) < 4.78 is 0. The van der Waals surface area contributed by atoms with Gasteiger partial charge in [0.2, 0.25) is 0 Å². The van der Waals surface area contributed by atoms with Gasteiger partial charge in [-0.25, -0.2) is 4.98 Å². The van der Waals surface area contributed by atoms with E-state index in [-0.39, 0.29) is 11.1 Å². The second-order valence-corrected chi connectivity index (χ2v) is 6.09. The summed E-state index contributed by atoms with van der Waals surface area (Å²) in [6.45, 7) is 2.00. The zero-order chi connectivity index (χ0) is 17.1. The Morgan fingerprint density at radius 3 is 2.46 bits per heavy atom. The minimum atomic E-state index is -0.297. The van der Waals surface area contributed by atoms with Crippen molar-refractivity contribution in [3.63, 3.8) is 0 Å². The Kier molecular flexibility index (Phi) is 4.84. The summed E-state index contributed by atoms with van der Waals surface area (Å²) in [4.78, 5) is 16.5. The lowest BCUT2D eigenvalue weighted by molar-refractivity contribution is 0.102. The van der Waals surface area contributed by atoms with Crippen molar-refractivity contribution in [3.8, 4) is 11.1 Å². The maximum atomic E-state index is 12.5. The molecule has 0 radical (unpaired) electrons. The molecular formula is C19H14Cl2N2O. The highest BCUT2D eigenvalue weighted by atomic mass is 35.5. The van der Waals surface area contributed by atoms with Gasteiger partial charge < -0.3 is 5.32 Å². The Morgan fingerprint density at radius 1 is 1.00 bits per heavy atom. The van der Waals surface area contributed by atoms with Crippen molar-refractivity contribution in [1.82, 2.24) is 4.98 Å². The highest BCUT2D eigenvalue weighted by Gasteiger charge is 2.14. The number of anilines is 1. The van der Waals surface area contributed by atoms with Gasteiger partial charge in [-0.15, -0.1) is 0 Å². The van der Waals surface area contributed by atoms with Crippen LogP contribution >= 0.6 is 23.2 Å². The number of nitrogens with one attached hydrogen (secondary N) is 1. The van der Waals surface area contributed by atoms with E-state index < -0.39 is 0 Å². The van der Waals surface area contributed by atoms with Gasteiger partial charge in [-0.1, -0.05) is 47.5 Å². The minimum absolute atomic E-state index is 0.177. The molecule has 3 rings (SSSR count). The predicted octanol–water partition coefficient (Wildman–Crippen LogP) is 5.62. The standard InChI is InChI=1S/C19H14Cl2N2O/c1-12-4-2-6-16(17(12)13-7-9-14(20)10-8-13)23-19(24)15-5-3-11-22-18(15)21/h2-11H,1H3,(H,23,24). The van der Waals surface area contributed by atoms with Gasteiger partial charge in [0.15, 0.2) is 0 Å². The lowest BCUT2D eigenvalue weighted by atomic mass is 9.98. The van der Waals surface area contributed by atoms with Crippen LogP contribution in [0.3, 0.4) is 0 Å². The van der Waals surface area contributed by atoms with Crippen molar-refractivity contribution < 1.29 is 4.79 Å². The van der Waals surface area contributed by atoms with Gasteiger partial charge >= 0.3 is 0 Å². The van der Waals surface area contributed by atoms with Gasteiger partial charge in [0.1, 0.15) is 5.15 Å². The van der Waals surface area contributed by atoms with Crippen LogP contribution < -0.4 is 5.32 Å². The average Bonchev–Trinajstić information content (AvgIpc) is 2.56. The molecule has 120 valence electrons. The second kappa shape index (κ2) is 7.04. The molecule has 0 spiro atoms. The Balaban J connectivity index is 2.00. The van der Waals surface area contributed by atoms with Crippen molar-refractivity contribution >= 4 is 34.8 Å². The number of pyridine rings is 1. The predicted molar refractivity (Wildman–Crippen MR) is 98.8 cm³/mol. The van der Waals surface area contributed by atoms with Crippen LogP contribution in [-0.2, 0) is 0 Å². The Labute approximate surface area is 150 Å². The number of aromatic nitrogens is 1.